The summed E-state index contributed by atoms with van der Waals surface area (Å²) in [5.41, 5.74) is 3.37. The normalized spacial score (nSPS) is 14.4. The Morgan fingerprint density at radius 1 is 1.03 bits per heavy atom. The van der Waals surface area contributed by atoms with Crippen LogP contribution in [0.15, 0.2) is 58.9 Å². The zero-order chi connectivity index (χ0) is 21.5. The second-order valence-corrected chi connectivity index (χ2v) is 9.46. The number of amides is 1. The average Bonchev–Trinajstić information content (AvgIpc) is 3.28. The summed E-state index contributed by atoms with van der Waals surface area (Å²) < 4.78 is 0.779. The van der Waals surface area contributed by atoms with E-state index in [1.54, 1.807) is 7.05 Å². The van der Waals surface area contributed by atoms with Gasteiger partial charge in [-0.15, -0.1) is 10.2 Å². The predicted octanol–water partition coefficient (Wildman–Crippen LogP) is 3.63. The average molecular weight is 455 g/mol. The van der Waals surface area contributed by atoms with Crippen molar-refractivity contribution < 1.29 is 4.79 Å². The fraction of sp³-hybridized carbons (Fsp3) is 0.318. The lowest BCUT2D eigenvalue weighted by atomic mass is 10.2. The van der Waals surface area contributed by atoms with E-state index in [-0.39, 0.29) is 5.91 Å². The minimum atomic E-state index is -0.0477. The smallest absolute Gasteiger partial charge is 0.234 e. The number of thioether (sulfide) groups is 1. The highest BCUT2D eigenvalue weighted by Crippen LogP contribution is 2.25. The third-order valence-electron chi connectivity index (χ3n) is 5.08. The largest absolute Gasteiger partial charge is 0.369 e. The minimum Gasteiger partial charge on any atom is -0.369 e. The second-order valence-electron chi connectivity index (χ2n) is 7.26. The quantitative estimate of drug-likeness (QED) is 0.504. The van der Waals surface area contributed by atoms with Crippen LogP contribution in [0.2, 0.25) is 0 Å². The first kappa shape index (κ1) is 21.6. The van der Waals surface area contributed by atoms with Crippen LogP contribution in [0.1, 0.15) is 5.56 Å². The lowest BCUT2D eigenvalue weighted by Gasteiger charge is -2.36. The summed E-state index contributed by atoms with van der Waals surface area (Å²) in [7, 11) is 1.80. The van der Waals surface area contributed by atoms with Gasteiger partial charge in [-0.3, -0.25) is 9.69 Å². The zero-order valence-corrected chi connectivity index (χ0v) is 19.1. The fourth-order valence-electron chi connectivity index (χ4n) is 3.45. The number of hydrogen-bond acceptors (Lipinski definition) is 8. The maximum absolute atomic E-state index is 12.2. The molecule has 0 radical (unpaired) electrons. The number of rotatable bonds is 8. The van der Waals surface area contributed by atoms with E-state index in [1.807, 2.05) is 12.1 Å². The molecule has 7 nitrogen and oxygen atoms in total. The summed E-state index contributed by atoms with van der Waals surface area (Å²) >= 11 is 2.83. The summed E-state index contributed by atoms with van der Waals surface area (Å²) in [4.78, 5) is 17.1. The second kappa shape index (κ2) is 10.6. The molecule has 1 saturated heterocycles. The number of benzene rings is 2. The van der Waals surface area contributed by atoms with Crippen molar-refractivity contribution in [3.8, 4) is 0 Å². The van der Waals surface area contributed by atoms with Crippen molar-refractivity contribution in [1.29, 1.82) is 0 Å². The van der Waals surface area contributed by atoms with Crippen LogP contribution in [0.3, 0.4) is 0 Å². The summed E-state index contributed by atoms with van der Waals surface area (Å²) in [5.74, 6) is 0.261. The van der Waals surface area contributed by atoms with E-state index in [2.05, 4.69) is 73.1 Å². The van der Waals surface area contributed by atoms with Crippen molar-refractivity contribution in [3.05, 3.63) is 60.2 Å². The Bertz CT molecular complexity index is 971. The van der Waals surface area contributed by atoms with Gasteiger partial charge in [-0.2, -0.15) is 0 Å². The molecule has 1 fully saturated rings. The zero-order valence-electron chi connectivity index (χ0n) is 17.5. The van der Waals surface area contributed by atoms with Gasteiger partial charge in [0.1, 0.15) is 0 Å². The molecular weight excluding hydrogens is 428 g/mol. The predicted molar refractivity (Wildman–Crippen MR) is 129 cm³/mol. The van der Waals surface area contributed by atoms with E-state index in [0.29, 0.717) is 5.75 Å². The molecule has 1 aromatic heterocycles. The van der Waals surface area contributed by atoms with Gasteiger partial charge in [-0.25, -0.2) is 0 Å². The molecule has 3 aromatic rings. The molecule has 4 rings (SSSR count). The molecule has 0 aliphatic carbocycles. The molecule has 0 bridgehead atoms. The lowest BCUT2D eigenvalue weighted by Crippen LogP contribution is -2.45. The number of carbonyl (C=O) groups is 1. The Morgan fingerprint density at radius 2 is 1.77 bits per heavy atom. The van der Waals surface area contributed by atoms with E-state index < -0.39 is 0 Å². The van der Waals surface area contributed by atoms with Crippen LogP contribution < -0.4 is 15.5 Å². The highest BCUT2D eigenvalue weighted by Gasteiger charge is 2.17. The van der Waals surface area contributed by atoms with E-state index >= 15 is 0 Å². The summed E-state index contributed by atoms with van der Waals surface area (Å²) in [6.45, 7) is 5.11. The SMILES string of the molecule is CNc1nnc(SCC(=O)Nc2ccc(N3CCN(Cc4ccccc4)CC3)cc2)s1. The maximum atomic E-state index is 12.2. The first-order chi connectivity index (χ1) is 15.2. The van der Waals surface area contributed by atoms with E-state index in [0.717, 1.165) is 47.9 Å². The maximum Gasteiger partial charge on any atom is 0.234 e. The molecule has 1 aliphatic rings. The standard InChI is InChI=1S/C22H26N6OS2/c1-23-21-25-26-22(31-21)30-16-20(29)24-18-7-9-19(10-8-18)28-13-11-27(12-14-28)15-17-5-3-2-4-6-17/h2-10H,11-16H2,1H3,(H,23,25)(H,24,29). The van der Waals surface area contributed by atoms with Crippen molar-refractivity contribution in [2.24, 2.45) is 0 Å². The van der Waals surface area contributed by atoms with Crippen LogP contribution in [0.25, 0.3) is 0 Å². The number of piperazine rings is 1. The molecule has 31 heavy (non-hydrogen) atoms. The fourth-order valence-corrected chi connectivity index (χ4v) is 4.96. The monoisotopic (exact) mass is 454 g/mol. The number of nitrogens with one attached hydrogen (secondary N) is 2. The van der Waals surface area contributed by atoms with Gasteiger partial charge < -0.3 is 15.5 Å². The van der Waals surface area contributed by atoms with Crippen LogP contribution in [0.4, 0.5) is 16.5 Å². The van der Waals surface area contributed by atoms with Gasteiger partial charge in [0.25, 0.3) is 0 Å². The highest BCUT2D eigenvalue weighted by atomic mass is 32.2. The van der Waals surface area contributed by atoms with Gasteiger partial charge in [-0.1, -0.05) is 53.4 Å². The Kier molecular flexibility index (Phi) is 7.39. The number of aromatic nitrogens is 2. The summed E-state index contributed by atoms with van der Waals surface area (Å²) in [6.07, 6.45) is 0. The van der Waals surface area contributed by atoms with Gasteiger partial charge in [0.05, 0.1) is 5.75 Å². The highest BCUT2D eigenvalue weighted by molar-refractivity contribution is 8.01. The first-order valence-electron chi connectivity index (χ1n) is 10.2. The van der Waals surface area contributed by atoms with Crippen molar-refractivity contribution in [3.63, 3.8) is 0 Å². The Morgan fingerprint density at radius 3 is 2.45 bits per heavy atom. The molecular formula is C22H26N6OS2. The first-order valence-corrected chi connectivity index (χ1v) is 12.0. The molecule has 2 N–H and O–H groups in total. The van der Waals surface area contributed by atoms with Crippen molar-refractivity contribution in [2.75, 3.05) is 54.5 Å². The molecule has 0 unspecified atom stereocenters. The Hall–Kier alpha value is -2.62. The Balaban J connectivity index is 1.22. The van der Waals surface area contributed by atoms with Gasteiger partial charge in [0.15, 0.2) is 4.34 Å². The topological polar surface area (TPSA) is 73.4 Å². The van der Waals surface area contributed by atoms with E-state index in [1.165, 1.54) is 34.3 Å². The van der Waals surface area contributed by atoms with Crippen LogP contribution in [-0.4, -0.2) is 60.0 Å². The molecule has 0 spiro atoms. The van der Waals surface area contributed by atoms with E-state index in [9.17, 15) is 4.79 Å². The summed E-state index contributed by atoms with van der Waals surface area (Å²) in [5, 5.41) is 14.7. The van der Waals surface area contributed by atoms with Crippen molar-refractivity contribution in [2.45, 2.75) is 10.9 Å². The molecule has 0 saturated carbocycles. The van der Waals surface area contributed by atoms with Gasteiger partial charge >= 0.3 is 0 Å². The number of nitrogens with zero attached hydrogens (tertiary/aromatic N) is 4. The number of hydrogen-bond donors (Lipinski definition) is 2. The molecule has 2 aromatic carbocycles. The van der Waals surface area contributed by atoms with Gasteiger partial charge in [0.2, 0.25) is 11.0 Å². The molecule has 2 heterocycles. The number of carbonyl (C=O) groups excluding carboxylic acids is 1. The third kappa shape index (κ3) is 6.19. The molecule has 9 heteroatoms. The van der Waals surface area contributed by atoms with Crippen LogP contribution in [-0.2, 0) is 11.3 Å². The van der Waals surface area contributed by atoms with Gasteiger partial charge in [-0.05, 0) is 29.8 Å². The summed E-state index contributed by atoms with van der Waals surface area (Å²) in [6, 6.07) is 18.7. The van der Waals surface area contributed by atoms with Crippen LogP contribution in [0.5, 0.6) is 0 Å². The molecule has 1 amide bonds. The van der Waals surface area contributed by atoms with Crippen LogP contribution >= 0.6 is 23.1 Å². The minimum absolute atomic E-state index is 0.0477. The van der Waals surface area contributed by atoms with Crippen molar-refractivity contribution >= 4 is 45.5 Å². The third-order valence-corrected chi connectivity index (χ3v) is 7.16. The van der Waals surface area contributed by atoms with Gasteiger partial charge in [0, 0.05) is 51.1 Å². The lowest BCUT2D eigenvalue weighted by molar-refractivity contribution is -0.113. The van der Waals surface area contributed by atoms with Crippen LogP contribution in [0, 0.1) is 0 Å². The van der Waals surface area contributed by atoms with E-state index in [4.69, 9.17) is 0 Å². The number of anilines is 3. The molecule has 1 aliphatic heterocycles. The Labute approximate surface area is 190 Å². The molecule has 162 valence electrons. The van der Waals surface area contributed by atoms with Crippen molar-refractivity contribution in [1.82, 2.24) is 15.1 Å². The molecule has 0 atom stereocenters.